The Morgan fingerprint density at radius 2 is 2.15 bits per heavy atom. The fourth-order valence-electron chi connectivity index (χ4n) is 2.20. The third-order valence-corrected chi connectivity index (χ3v) is 3.57. The van der Waals surface area contributed by atoms with E-state index in [4.69, 9.17) is 4.74 Å². The van der Waals surface area contributed by atoms with E-state index in [-0.39, 0.29) is 0 Å². The topological polar surface area (TPSA) is 37.4 Å². The summed E-state index contributed by atoms with van der Waals surface area (Å²) in [6.07, 6.45) is 2.68. The van der Waals surface area contributed by atoms with Crippen molar-refractivity contribution in [2.24, 2.45) is 0 Å². The van der Waals surface area contributed by atoms with Crippen molar-refractivity contribution in [1.29, 1.82) is 0 Å². The Balaban J connectivity index is 1.83. The van der Waals surface area contributed by atoms with Gasteiger partial charge in [-0.05, 0) is 38.4 Å². The van der Waals surface area contributed by atoms with Gasteiger partial charge in [-0.3, -0.25) is 0 Å². The van der Waals surface area contributed by atoms with Crippen molar-refractivity contribution in [3.05, 3.63) is 23.4 Å². The molecule has 0 amide bonds. The van der Waals surface area contributed by atoms with Crippen LogP contribution in [0.25, 0.3) is 0 Å². The Bertz CT molecular complexity index is 430. The fraction of sp³-hybridized carbons (Fsp3) is 0.688. The number of aryl methyl sites for hydroxylation is 1. The van der Waals surface area contributed by atoms with Gasteiger partial charge in [0.25, 0.3) is 0 Å². The van der Waals surface area contributed by atoms with Crippen LogP contribution < -0.4 is 10.1 Å². The summed E-state index contributed by atoms with van der Waals surface area (Å²) in [7, 11) is 2.17. The molecule has 2 rings (SSSR count). The highest BCUT2D eigenvalue weighted by atomic mass is 16.5. The molecule has 0 radical (unpaired) electrons. The molecule has 1 aromatic heterocycles. The molecule has 0 spiro atoms. The molecule has 0 aromatic carbocycles. The molecule has 0 bridgehead atoms. The van der Waals surface area contributed by atoms with Gasteiger partial charge in [-0.2, -0.15) is 0 Å². The number of nitrogens with one attached hydrogen (secondary N) is 1. The summed E-state index contributed by atoms with van der Waals surface area (Å²) in [5.41, 5.74) is 2.25. The fourth-order valence-corrected chi connectivity index (χ4v) is 2.20. The van der Waals surface area contributed by atoms with Crippen LogP contribution in [0.1, 0.15) is 37.9 Å². The van der Waals surface area contributed by atoms with E-state index in [9.17, 15) is 0 Å². The standard InChI is InChI=1S/C16H27N3O/c1-12(2)17-11-14-9-13(3)18-16(10-14)20-8-7-19(4)15-5-6-15/h9-10,12,15,17H,5-8,11H2,1-4H3. The highest BCUT2D eigenvalue weighted by Crippen LogP contribution is 2.24. The molecule has 4 heteroatoms. The molecule has 0 atom stereocenters. The maximum atomic E-state index is 5.80. The summed E-state index contributed by atoms with van der Waals surface area (Å²) in [6.45, 7) is 8.86. The van der Waals surface area contributed by atoms with Gasteiger partial charge in [0.1, 0.15) is 6.61 Å². The van der Waals surface area contributed by atoms with E-state index >= 15 is 0 Å². The van der Waals surface area contributed by atoms with Crippen LogP contribution in [-0.2, 0) is 6.54 Å². The van der Waals surface area contributed by atoms with E-state index in [0.29, 0.717) is 12.6 Å². The molecule has 1 saturated carbocycles. The number of aromatic nitrogens is 1. The average Bonchev–Trinajstić information content (AvgIpc) is 3.20. The second kappa shape index (κ2) is 7.04. The van der Waals surface area contributed by atoms with Crippen molar-refractivity contribution in [2.75, 3.05) is 20.2 Å². The lowest BCUT2D eigenvalue weighted by molar-refractivity contribution is 0.226. The lowest BCUT2D eigenvalue weighted by Gasteiger charge is -2.16. The number of pyridine rings is 1. The number of ether oxygens (including phenoxy) is 1. The zero-order valence-corrected chi connectivity index (χ0v) is 13.1. The normalized spacial score (nSPS) is 15.1. The minimum Gasteiger partial charge on any atom is -0.476 e. The minimum absolute atomic E-state index is 0.486. The van der Waals surface area contributed by atoms with E-state index in [1.807, 2.05) is 13.0 Å². The summed E-state index contributed by atoms with van der Waals surface area (Å²) < 4.78 is 5.80. The highest BCUT2D eigenvalue weighted by molar-refractivity contribution is 5.24. The molecule has 0 saturated heterocycles. The molecule has 1 aliphatic rings. The third-order valence-electron chi connectivity index (χ3n) is 3.57. The number of rotatable bonds is 8. The largest absolute Gasteiger partial charge is 0.476 e. The zero-order valence-electron chi connectivity index (χ0n) is 13.1. The van der Waals surface area contributed by atoms with Gasteiger partial charge in [0, 0.05) is 36.9 Å². The first-order valence-electron chi connectivity index (χ1n) is 7.58. The van der Waals surface area contributed by atoms with Crippen LogP contribution >= 0.6 is 0 Å². The molecule has 4 nitrogen and oxygen atoms in total. The predicted octanol–water partition coefficient (Wildman–Crippen LogP) is 2.36. The Kier molecular flexibility index (Phi) is 5.38. The van der Waals surface area contributed by atoms with E-state index in [1.165, 1.54) is 18.4 Å². The van der Waals surface area contributed by atoms with Gasteiger partial charge in [-0.25, -0.2) is 4.98 Å². The molecule has 0 unspecified atom stereocenters. The summed E-state index contributed by atoms with van der Waals surface area (Å²) >= 11 is 0. The van der Waals surface area contributed by atoms with Gasteiger partial charge in [0.15, 0.2) is 0 Å². The van der Waals surface area contributed by atoms with Crippen molar-refractivity contribution in [3.63, 3.8) is 0 Å². The lowest BCUT2D eigenvalue weighted by atomic mass is 10.2. The molecule has 1 fully saturated rings. The van der Waals surface area contributed by atoms with Crippen molar-refractivity contribution in [2.45, 2.75) is 52.2 Å². The lowest BCUT2D eigenvalue weighted by Crippen LogP contribution is -2.26. The smallest absolute Gasteiger partial charge is 0.213 e. The molecule has 20 heavy (non-hydrogen) atoms. The van der Waals surface area contributed by atoms with E-state index < -0.39 is 0 Å². The molecule has 1 heterocycles. The maximum absolute atomic E-state index is 5.80. The van der Waals surface area contributed by atoms with E-state index in [2.05, 4.69) is 42.2 Å². The molecule has 0 aliphatic heterocycles. The van der Waals surface area contributed by atoms with Gasteiger partial charge in [-0.15, -0.1) is 0 Å². The monoisotopic (exact) mass is 277 g/mol. The van der Waals surface area contributed by atoms with Gasteiger partial charge in [-0.1, -0.05) is 13.8 Å². The number of likely N-dealkylation sites (N-methyl/N-ethyl adjacent to an activating group) is 1. The SMILES string of the molecule is Cc1cc(CNC(C)C)cc(OCCN(C)C2CC2)n1. The molecule has 112 valence electrons. The summed E-state index contributed by atoms with van der Waals surface area (Å²) in [5.74, 6) is 0.745. The average molecular weight is 277 g/mol. The van der Waals surface area contributed by atoms with Crippen LogP contribution in [0, 0.1) is 6.92 Å². The second-order valence-corrected chi connectivity index (χ2v) is 6.05. The Morgan fingerprint density at radius 3 is 2.80 bits per heavy atom. The van der Waals surface area contributed by atoms with Crippen molar-refractivity contribution in [3.8, 4) is 5.88 Å². The van der Waals surface area contributed by atoms with Crippen LogP contribution in [0.15, 0.2) is 12.1 Å². The first-order valence-corrected chi connectivity index (χ1v) is 7.58. The summed E-state index contributed by atoms with van der Waals surface area (Å²) in [5, 5.41) is 3.42. The first-order chi connectivity index (χ1) is 9.54. The summed E-state index contributed by atoms with van der Waals surface area (Å²) in [6, 6.07) is 5.42. The van der Waals surface area contributed by atoms with Crippen LogP contribution in [0.2, 0.25) is 0 Å². The van der Waals surface area contributed by atoms with Gasteiger partial charge >= 0.3 is 0 Å². The van der Waals surface area contributed by atoms with Crippen LogP contribution in [-0.4, -0.2) is 42.2 Å². The van der Waals surface area contributed by atoms with Gasteiger partial charge < -0.3 is 15.0 Å². The zero-order chi connectivity index (χ0) is 14.5. The Morgan fingerprint density at radius 1 is 1.40 bits per heavy atom. The number of nitrogens with zero attached hydrogens (tertiary/aromatic N) is 2. The third kappa shape index (κ3) is 5.10. The second-order valence-electron chi connectivity index (χ2n) is 6.05. The molecule has 1 N–H and O–H groups in total. The van der Waals surface area contributed by atoms with Crippen molar-refractivity contribution in [1.82, 2.24) is 15.2 Å². The highest BCUT2D eigenvalue weighted by Gasteiger charge is 2.25. The van der Waals surface area contributed by atoms with E-state index in [1.54, 1.807) is 0 Å². The Hall–Kier alpha value is -1.13. The predicted molar refractivity (Wildman–Crippen MR) is 82.1 cm³/mol. The van der Waals surface area contributed by atoms with Crippen molar-refractivity contribution >= 4 is 0 Å². The van der Waals surface area contributed by atoms with Gasteiger partial charge in [0.05, 0.1) is 0 Å². The quantitative estimate of drug-likeness (QED) is 0.791. The van der Waals surface area contributed by atoms with E-state index in [0.717, 1.165) is 30.7 Å². The van der Waals surface area contributed by atoms with Crippen LogP contribution in [0.3, 0.4) is 0 Å². The molecular weight excluding hydrogens is 250 g/mol. The number of hydrogen-bond donors (Lipinski definition) is 1. The molecular formula is C16H27N3O. The Labute approximate surface area is 122 Å². The molecule has 1 aromatic rings. The molecule has 1 aliphatic carbocycles. The van der Waals surface area contributed by atoms with Gasteiger partial charge in [0.2, 0.25) is 5.88 Å². The maximum Gasteiger partial charge on any atom is 0.213 e. The number of hydrogen-bond acceptors (Lipinski definition) is 4. The van der Waals surface area contributed by atoms with Crippen LogP contribution in [0.5, 0.6) is 5.88 Å². The van der Waals surface area contributed by atoms with Crippen LogP contribution in [0.4, 0.5) is 0 Å². The van der Waals surface area contributed by atoms with Crippen molar-refractivity contribution < 1.29 is 4.74 Å². The first kappa shape index (κ1) is 15.3. The minimum atomic E-state index is 0.486. The summed E-state index contributed by atoms with van der Waals surface area (Å²) in [4.78, 5) is 6.82.